The Morgan fingerprint density at radius 3 is 1.32 bits per heavy atom. The summed E-state index contributed by atoms with van der Waals surface area (Å²) in [6.07, 6.45) is -24.4. The molecule has 34 atom stereocenters. The number of amides is 3. The number of carbonyl (C=O) groups excluding carboxylic acids is 4. The summed E-state index contributed by atoms with van der Waals surface area (Å²) >= 11 is 0. The fourth-order valence-corrected chi connectivity index (χ4v) is 18.2. The number of rotatable bonds is 66. The molecule has 0 aromatic rings. The number of carbonyl (C=O) groups is 6. The minimum absolute atomic E-state index is 0.109. The van der Waals surface area contributed by atoms with Gasteiger partial charge in [0.1, 0.15) is 128 Å². The topological polar surface area (TPSA) is 674 Å². The zero-order valence-corrected chi connectivity index (χ0v) is 78.0. The molecule has 0 spiro atoms. The van der Waals surface area contributed by atoms with Crippen LogP contribution in [-0.2, 0) is 85.6 Å². The zero-order chi connectivity index (χ0) is 98.1. The number of allylic oxidation sites excluding steroid dienone is 2. The van der Waals surface area contributed by atoms with Gasteiger partial charge >= 0.3 is 11.9 Å². The first kappa shape index (κ1) is 117. The van der Waals surface area contributed by atoms with E-state index in [0.29, 0.717) is 12.8 Å². The number of ether oxygens (including phenoxy) is 12. The summed E-state index contributed by atoms with van der Waals surface area (Å²) in [6.45, 7) is -0.687. The SMILES string of the molecule is CCCCCCCCC=CCCCCCCCCCCCCCC(=O)N[C@@H](CO[C@@H]1O[C@H](CO)[C@@H](O[C@@H]2O[C@H](CO)[C@H](O[C@@H]3O[C@H](CO)[C@H](O)[C@H](O[C@@H]4O[C@H](CO)[C@H](O)[C@H](O)[C@H]4O)[C@H]3CC(C)=O)[C@H](O[C@]3(C(=O)O)C[C@H](O)[C@@H](NC(C)=O)C([C@H](O)[C@@H](CO)O[C@]4(C(=O)O)C[C@H](O)[C@@H](NC(C)=O)C([C@H](O)[C@H](O)CO)O4)O3)[C@H]2O)[C@H](O)[C@H]1O)[C@H](O)CCCCCCCCCCCCCCC. The smallest absolute Gasteiger partial charge is 0.364 e. The van der Waals surface area contributed by atoms with Crippen LogP contribution < -0.4 is 16.0 Å². The molecule has 6 aliphatic heterocycles. The van der Waals surface area contributed by atoms with E-state index in [1.54, 1.807) is 0 Å². The van der Waals surface area contributed by atoms with Crippen LogP contribution in [0, 0.1) is 5.92 Å². The second-order valence-corrected chi connectivity index (χ2v) is 36.7. The third kappa shape index (κ3) is 35.9. The van der Waals surface area contributed by atoms with Gasteiger partial charge in [-0.15, -0.1) is 0 Å². The molecule has 24 N–H and O–H groups in total. The number of aliphatic hydroxyl groups is 19. The van der Waals surface area contributed by atoms with E-state index >= 15 is 0 Å². The highest BCUT2D eigenvalue weighted by molar-refractivity contribution is 5.78. The molecule has 6 aliphatic rings. The van der Waals surface area contributed by atoms with E-state index in [2.05, 4.69) is 41.9 Å². The maximum Gasteiger partial charge on any atom is 0.364 e. The number of hydrogen-bond acceptors (Lipinski definition) is 37. The van der Waals surface area contributed by atoms with E-state index in [4.69, 9.17) is 56.8 Å². The first-order chi connectivity index (χ1) is 63.6. The number of hydrogen-bond donors (Lipinski definition) is 24. The molecule has 6 rings (SSSR count). The van der Waals surface area contributed by atoms with Gasteiger partial charge in [-0.1, -0.05) is 199 Å². The van der Waals surface area contributed by atoms with E-state index in [-0.39, 0.29) is 12.8 Å². The summed E-state index contributed by atoms with van der Waals surface area (Å²) in [5.74, 6) is -16.5. The highest BCUT2D eigenvalue weighted by Crippen LogP contribution is 2.44. The molecular formula is C91H161N3O39. The summed E-state index contributed by atoms with van der Waals surface area (Å²) in [4.78, 5) is 80.7. The van der Waals surface area contributed by atoms with Crippen LogP contribution in [0.2, 0.25) is 0 Å². The maximum atomic E-state index is 14.5. The van der Waals surface area contributed by atoms with Crippen LogP contribution in [0.1, 0.15) is 272 Å². The molecule has 42 heteroatoms. The number of nitrogens with one attached hydrogen (secondary N) is 3. The number of carboxylic acid groups (broad SMARTS) is 2. The average Bonchev–Trinajstić information content (AvgIpc) is 0.746. The summed E-state index contributed by atoms with van der Waals surface area (Å²) in [5, 5.41) is 246. The lowest BCUT2D eigenvalue weighted by atomic mass is 9.86. The molecule has 0 radical (unpaired) electrons. The van der Waals surface area contributed by atoms with E-state index < -0.39 is 308 Å². The van der Waals surface area contributed by atoms with Crippen LogP contribution in [0.3, 0.4) is 0 Å². The van der Waals surface area contributed by atoms with Crippen molar-refractivity contribution in [2.75, 3.05) is 46.2 Å². The lowest BCUT2D eigenvalue weighted by molar-refractivity contribution is -0.407. The van der Waals surface area contributed by atoms with Crippen LogP contribution in [0.15, 0.2) is 12.2 Å². The Hall–Kier alpha value is -4.48. The molecule has 6 saturated heterocycles. The average molecular weight is 1920 g/mol. The van der Waals surface area contributed by atoms with Gasteiger partial charge in [0.15, 0.2) is 25.2 Å². The molecular weight excluding hydrogens is 1760 g/mol. The lowest BCUT2D eigenvalue weighted by Crippen LogP contribution is -2.72. The summed E-state index contributed by atoms with van der Waals surface area (Å²) < 4.78 is 72.7. The van der Waals surface area contributed by atoms with Crippen molar-refractivity contribution in [2.24, 2.45) is 5.92 Å². The van der Waals surface area contributed by atoms with Gasteiger partial charge in [-0.25, -0.2) is 9.59 Å². The molecule has 0 aromatic carbocycles. The van der Waals surface area contributed by atoms with Crippen molar-refractivity contribution in [2.45, 2.75) is 474 Å². The molecule has 0 aromatic heterocycles. The largest absolute Gasteiger partial charge is 0.477 e. The molecule has 6 fully saturated rings. The molecule has 774 valence electrons. The van der Waals surface area contributed by atoms with Gasteiger partial charge in [-0.2, -0.15) is 0 Å². The summed E-state index contributed by atoms with van der Waals surface area (Å²) in [6, 6.07) is -5.01. The van der Waals surface area contributed by atoms with Crippen LogP contribution in [-0.4, -0.2) is 390 Å². The third-order valence-electron chi connectivity index (χ3n) is 25.9. The van der Waals surface area contributed by atoms with Gasteiger partial charge in [-0.05, 0) is 45.4 Å². The number of carboxylic acids is 2. The maximum absolute atomic E-state index is 14.5. The normalized spacial score (nSPS) is 34.1. The van der Waals surface area contributed by atoms with Crippen LogP contribution in [0.25, 0.3) is 0 Å². The highest BCUT2D eigenvalue weighted by atomic mass is 16.8. The number of ketones is 1. The lowest BCUT2D eigenvalue weighted by Gasteiger charge is -2.53. The van der Waals surface area contributed by atoms with Crippen molar-refractivity contribution in [1.82, 2.24) is 16.0 Å². The number of aliphatic carboxylic acids is 2. The second-order valence-electron chi connectivity index (χ2n) is 36.7. The zero-order valence-electron chi connectivity index (χ0n) is 78.0. The Morgan fingerprint density at radius 2 is 0.835 bits per heavy atom. The minimum atomic E-state index is -3.67. The molecule has 2 unspecified atom stereocenters. The van der Waals surface area contributed by atoms with Gasteiger partial charge in [0.25, 0.3) is 11.6 Å². The van der Waals surface area contributed by atoms with Crippen molar-refractivity contribution < 1.29 is 193 Å². The van der Waals surface area contributed by atoms with E-state index in [1.165, 1.54) is 103 Å². The Labute approximate surface area is 779 Å². The Kier molecular flexibility index (Phi) is 54.0. The number of unbranched alkanes of at least 4 members (excludes halogenated alkanes) is 29. The quantitative estimate of drug-likeness (QED) is 0.0271. The van der Waals surface area contributed by atoms with Crippen molar-refractivity contribution in [3.05, 3.63) is 12.2 Å². The Morgan fingerprint density at radius 1 is 0.421 bits per heavy atom. The molecule has 0 bridgehead atoms. The molecule has 42 nitrogen and oxygen atoms in total. The predicted molar refractivity (Wildman–Crippen MR) is 469 cm³/mol. The van der Waals surface area contributed by atoms with Gasteiger partial charge in [0.2, 0.25) is 17.7 Å². The van der Waals surface area contributed by atoms with E-state index in [9.17, 15) is 136 Å². The first-order valence-corrected chi connectivity index (χ1v) is 48.4. The van der Waals surface area contributed by atoms with Crippen LogP contribution in [0.5, 0.6) is 0 Å². The molecule has 133 heavy (non-hydrogen) atoms. The van der Waals surface area contributed by atoms with Crippen LogP contribution >= 0.6 is 0 Å². The van der Waals surface area contributed by atoms with Gasteiger partial charge in [-0.3, -0.25) is 14.4 Å². The fraction of sp³-hybridized carbons (Fsp3) is 0.912. The monoisotopic (exact) mass is 1920 g/mol. The first-order valence-electron chi connectivity index (χ1n) is 48.4. The van der Waals surface area contributed by atoms with Crippen LogP contribution in [0.4, 0.5) is 0 Å². The van der Waals surface area contributed by atoms with Crippen molar-refractivity contribution in [3.8, 4) is 0 Å². The summed E-state index contributed by atoms with van der Waals surface area (Å²) in [5.41, 5.74) is 0. The Balaban J connectivity index is 1.28. The molecule has 6 heterocycles. The molecule has 0 saturated carbocycles. The van der Waals surface area contributed by atoms with Crippen molar-refractivity contribution in [3.63, 3.8) is 0 Å². The molecule has 3 amide bonds. The Bertz CT molecular complexity index is 3310. The third-order valence-corrected chi connectivity index (χ3v) is 25.9. The standard InChI is InChI=1S/C91H161N3O39/c1-6-8-10-12-14-16-18-20-21-22-23-24-25-26-27-29-31-33-35-37-39-41-66(108)94-56(57(104)40-38-36-34-32-30-28-19-17-15-13-11-9-7-2)51-122-85-76(116)74(114)79(64(49-99)125-85)128-87-77(117)83(80(65(50-100)126-87)129-84-55(42-52(3)101)78(71(111)62(47-97)123-84)127-86-75(115)73(113)70(110)61(46-96)124-86)133-91(89(120)121)44-59(106)68(93-54(5)103)82(132-91)72(112)63(48-98)130-90(88(118)119)43-58(105)67(92-53(4)102)81(131-90)69(109)60(107)45-95/h20-21,55-65,67-87,95-100,104-107,109-117H,6-19,22-51H2,1-5H3,(H,92,102)(H,93,103)(H,94,108)(H,118,119)(H,120,121)/t55-,56+,57-,58+,59+,60-,61-,62-,63-,64-,65-,67-,68-,69-,70+,71+,72-,73+,74-,75-,76-,77-,78-,79-,80+,81?,82?,83-,84+,85-,86+,87+,90-,91+/m1/s1. The van der Waals surface area contributed by atoms with Gasteiger partial charge in [0.05, 0.1) is 88.8 Å². The molecule has 0 aliphatic carbocycles. The van der Waals surface area contributed by atoms with Crippen molar-refractivity contribution >= 4 is 35.4 Å². The summed E-state index contributed by atoms with van der Waals surface area (Å²) in [7, 11) is 0. The second kappa shape index (κ2) is 61.3. The highest BCUT2D eigenvalue weighted by Gasteiger charge is 2.64. The minimum Gasteiger partial charge on any atom is -0.477 e. The van der Waals surface area contributed by atoms with Crippen molar-refractivity contribution in [1.29, 1.82) is 0 Å². The van der Waals surface area contributed by atoms with E-state index in [0.717, 1.165) is 111 Å². The fourth-order valence-electron chi connectivity index (χ4n) is 18.2. The predicted octanol–water partition coefficient (Wildman–Crippen LogP) is -0.437. The van der Waals surface area contributed by atoms with E-state index in [1.807, 2.05) is 0 Å². The number of Topliss-reactive ketones (excluding diaryl/α,β-unsaturated/α-hetero) is 1. The number of aliphatic hydroxyl groups excluding tert-OH is 19. The van der Waals surface area contributed by atoms with Gasteiger partial charge < -0.3 is 185 Å². The van der Waals surface area contributed by atoms with Gasteiger partial charge in [0, 0.05) is 45.4 Å².